The third kappa shape index (κ3) is 4.44. The Labute approximate surface area is 167 Å². The Balaban J connectivity index is 1.38. The molecule has 0 radical (unpaired) electrons. The Morgan fingerprint density at radius 2 is 1.55 bits per heavy atom. The normalized spacial score (nSPS) is 10.5. The summed E-state index contributed by atoms with van der Waals surface area (Å²) < 4.78 is 5.08. The van der Waals surface area contributed by atoms with E-state index in [1.165, 1.54) is 6.26 Å². The standard InChI is InChI=1S/C23H19N3O3/c27-22(15-24-20-11-3-7-16-6-1-2-10-19(16)20)25-17-8-4-9-18(14-17)26-23(28)21-12-5-13-29-21/h1-14,24H,15H2,(H,25,27)(H,26,28). The van der Waals surface area contributed by atoms with Gasteiger partial charge in [0.2, 0.25) is 5.91 Å². The van der Waals surface area contributed by atoms with Gasteiger partial charge in [-0.2, -0.15) is 0 Å². The van der Waals surface area contributed by atoms with Crippen LogP contribution in [-0.2, 0) is 4.79 Å². The van der Waals surface area contributed by atoms with Gasteiger partial charge in [0.25, 0.3) is 5.91 Å². The molecule has 0 bridgehead atoms. The molecule has 1 aromatic heterocycles. The quantitative estimate of drug-likeness (QED) is 0.448. The second-order valence-corrected chi connectivity index (χ2v) is 6.44. The lowest BCUT2D eigenvalue weighted by molar-refractivity contribution is -0.114. The Bertz CT molecular complexity index is 1150. The number of furan rings is 1. The minimum atomic E-state index is -0.351. The van der Waals surface area contributed by atoms with Crippen LogP contribution in [0.5, 0.6) is 0 Å². The van der Waals surface area contributed by atoms with Gasteiger partial charge in [0.1, 0.15) is 0 Å². The molecule has 0 spiro atoms. The number of amides is 2. The highest BCUT2D eigenvalue weighted by Crippen LogP contribution is 2.23. The second kappa shape index (κ2) is 8.31. The summed E-state index contributed by atoms with van der Waals surface area (Å²) in [5.74, 6) is -0.317. The van der Waals surface area contributed by atoms with E-state index >= 15 is 0 Å². The fraction of sp³-hybridized carbons (Fsp3) is 0.0435. The van der Waals surface area contributed by atoms with Crippen LogP contribution in [-0.4, -0.2) is 18.4 Å². The molecular weight excluding hydrogens is 366 g/mol. The van der Waals surface area contributed by atoms with Crippen LogP contribution in [0.1, 0.15) is 10.6 Å². The molecule has 0 saturated carbocycles. The van der Waals surface area contributed by atoms with Gasteiger partial charge in [0, 0.05) is 22.4 Å². The molecule has 0 unspecified atom stereocenters. The zero-order chi connectivity index (χ0) is 20.1. The van der Waals surface area contributed by atoms with Gasteiger partial charge in [0.05, 0.1) is 12.8 Å². The molecule has 6 heteroatoms. The minimum absolute atomic E-state index is 0.122. The van der Waals surface area contributed by atoms with Crippen molar-refractivity contribution in [1.82, 2.24) is 0 Å². The van der Waals surface area contributed by atoms with Crippen molar-refractivity contribution in [2.24, 2.45) is 0 Å². The molecule has 0 aliphatic carbocycles. The summed E-state index contributed by atoms with van der Waals surface area (Å²) in [5.41, 5.74) is 2.05. The van der Waals surface area contributed by atoms with Crippen LogP contribution < -0.4 is 16.0 Å². The van der Waals surface area contributed by atoms with Gasteiger partial charge in [-0.15, -0.1) is 0 Å². The lowest BCUT2D eigenvalue weighted by Crippen LogP contribution is -2.22. The predicted octanol–water partition coefficient (Wildman–Crippen LogP) is 4.74. The second-order valence-electron chi connectivity index (χ2n) is 6.44. The molecule has 2 amide bonds. The molecule has 3 aromatic carbocycles. The lowest BCUT2D eigenvalue weighted by atomic mass is 10.1. The summed E-state index contributed by atoms with van der Waals surface area (Å²) in [6.45, 7) is 0.122. The van der Waals surface area contributed by atoms with Crippen molar-refractivity contribution in [2.75, 3.05) is 22.5 Å². The molecule has 0 aliphatic rings. The maximum Gasteiger partial charge on any atom is 0.291 e. The topological polar surface area (TPSA) is 83.4 Å². The lowest BCUT2D eigenvalue weighted by Gasteiger charge is -2.11. The van der Waals surface area contributed by atoms with E-state index in [0.29, 0.717) is 11.4 Å². The van der Waals surface area contributed by atoms with Gasteiger partial charge in [0.15, 0.2) is 5.76 Å². The Kier molecular flexibility index (Phi) is 5.25. The van der Waals surface area contributed by atoms with E-state index in [1.807, 2.05) is 42.5 Å². The van der Waals surface area contributed by atoms with Gasteiger partial charge in [-0.25, -0.2) is 0 Å². The molecule has 0 atom stereocenters. The summed E-state index contributed by atoms with van der Waals surface area (Å²) in [5, 5.41) is 10.9. The van der Waals surface area contributed by atoms with E-state index < -0.39 is 0 Å². The Morgan fingerprint density at radius 3 is 2.38 bits per heavy atom. The zero-order valence-electron chi connectivity index (χ0n) is 15.5. The molecule has 6 nitrogen and oxygen atoms in total. The van der Waals surface area contributed by atoms with Crippen LogP contribution >= 0.6 is 0 Å². The minimum Gasteiger partial charge on any atom is -0.459 e. The van der Waals surface area contributed by atoms with Crippen LogP contribution in [0.15, 0.2) is 89.5 Å². The van der Waals surface area contributed by atoms with Crippen molar-refractivity contribution in [1.29, 1.82) is 0 Å². The van der Waals surface area contributed by atoms with Gasteiger partial charge < -0.3 is 20.4 Å². The van der Waals surface area contributed by atoms with Crippen molar-refractivity contribution in [3.8, 4) is 0 Å². The van der Waals surface area contributed by atoms with Crippen LogP contribution in [0, 0.1) is 0 Å². The smallest absolute Gasteiger partial charge is 0.291 e. The van der Waals surface area contributed by atoms with Crippen molar-refractivity contribution in [3.63, 3.8) is 0 Å². The van der Waals surface area contributed by atoms with Crippen LogP contribution in [0.3, 0.4) is 0 Å². The highest BCUT2D eigenvalue weighted by Gasteiger charge is 2.10. The monoisotopic (exact) mass is 385 g/mol. The van der Waals surface area contributed by atoms with Gasteiger partial charge in [-0.1, -0.05) is 42.5 Å². The summed E-state index contributed by atoms with van der Waals surface area (Å²) in [6, 6.07) is 24.1. The van der Waals surface area contributed by atoms with Gasteiger partial charge >= 0.3 is 0 Å². The first-order valence-corrected chi connectivity index (χ1v) is 9.15. The largest absolute Gasteiger partial charge is 0.459 e. The Hall–Kier alpha value is -4.06. The van der Waals surface area contributed by atoms with E-state index in [2.05, 4.69) is 16.0 Å². The molecule has 1 heterocycles. The number of nitrogens with one attached hydrogen (secondary N) is 3. The number of anilines is 3. The first-order valence-electron chi connectivity index (χ1n) is 9.15. The van der Waals surface area contributed by atoms with E-state index in [9.17, 15) is 9.59 Å². The molecule has 3 N–H and O–H groups in total. The molecule has 144 valence electrons. The average Bonchev–Trinajstić information content (AvgIpc) is 3.28. The van der Waals surface area contributed by atoms with Crippen LogP contribution in [0.2, 0.25) is 0 Å². The molecule has 0 fully saturated rings. The third-order valence-corrected chi connectivity index (χ3v) is 4.38. The molecule has 4 rings (SSSR count). The van der Waals surface area contributed by atoms with Gasteiger partial charge in [-0.05, 0) is 41.8 Å². The summed E-state index contributed by atoms with van der Waals surface area (Å²) in [7, 11) is 0. The fourth-order valence-electron chi connectivity index (χ4n) is 3.04. The summed E-state index contributed by atoms with van der Waals surface area (Å²) >= 11 is 0. The molecule has 29 heavy (non-hydrogen) atoms. The van der Waals surface area contributed by atoms with Crippen molar-refractivity contribution < 1.29 is 14.0 Å². The van der Waals surface area contributed by atoms with Crippen molar-refractivity contribution in [2.45, 2.75) is 0 Å². The number of hydrogen-bond acceptors (Lipinski definition) is 4. The molecule has 0 aliphatic heterocycles. The van der Waals surface area contributed by atoms with E-state index in [1.54, 1.807) is 36.4 Å². The summed E-state index contributed by atoms with van der Waals surface area (Å²) in [4.78, 5) is 24.4. The SMILES string of the molecule is O=C(CNc1cccc2ccccc12)Nc1cccc(NC(=O)c2ccco2)c1. The first-order chi connectivity index (χ1) is 14.2. The van der Waals surface area contributed by atoms with Gasteiger partial charge in [-0.3, -0.25) is 9.59 Å². The third-order valence-electron chi connectivity index (χ3n) is 4.38. The number of fused-ring (bicyclic) bond motifs is 1. The predicted molar refractivity (Wildman–Crippen MR) is 114 cm³/mol. The number of carbonyl (C=O) groups is 2. The van der Waals surface area contributed by atoms with Crippen molar-refractivity contribution >= 4 is 39.6 Å². The van der Waals surface area contributed by atoms with E-state index in [0.717, 1.165) is 16.5 Å². The van der Waals surface area contributed by atoms with Crippen LogP contribution in [0.25, 0.3) is 10.8 Å². The molecule has 4 aromatic rings. The Morgan fingerprint density at radius 1 is 0.793 bits per heavy atom. The number of rotatable bonds is 6. The van der Waals surface area contributed by atoms with Crippen molar-refractivity contribution in [3.05, 3.63) is 90.9 Å². The average molecular weight is 385 g/mol. The first kappa shape index (κ1) is 18.3. The van der Waals surface area contributed by atoms with Crippen LogP contribution in [0.4, 0.5) is 17.1 Å². The molecule has 0 saturated heterocycles. The van der Waals surface area contributed by atoms with E-state index in [-0.39, 0.29) is 24.1 Å². The number of benzene rings is 3. The van der Waals surface area contributed by atoms with E-state index in [4.69, 9.17) is 4.42 Å². The maximum atomic E-state index is 12.4. The number of carbonyl (C=O) groups excluding carboxylic acids is 2. The highest BCUT2D eigenvalue weighted by molar-refractivity contribution is 6.03. The highest BCUT2D eigenvalue weighted by atomic mass is 16.3. The fourth-order valence-corrected chi connectivity index (χ4v) is 3.04. The zero-order valence-corrected chi connectivity index (χ0v) is 15.5. The maximum absolute atomic E-state index is 12.4. The summed E-state index contributed by atoms with van der Waals surface area (Å²) in [6.07, 6.45) is 1.44. The molecular formula is C23H19N3O3. The number of hydrogen-bond donors (Lipinski definition) is 3.